The zero-order valence-corrected chi connectivity index (χ0v) is 9.98. The molecule has 0 aliphatic carbocycles. The molecule has 2 N–H and O–H groups in total. The lowest BCUT2D eigenvalue weighted by Crippen LogP contribution is -2.57. The minimum atomic E-state index is -0.203. The molecule has 1 aliphatic heterocycles. The Morgan fingerprint density at radius 3 is 2.94 bits per heavy atom. The van der Waals surface area contributed by atoms with Gasteiger partial charge in [-0.2, -0.15) is 0 Å². The first kappa shape index (κ1) is 11.3. The van der Waals surface area contributed by atoms with Gasteiger partial charge in [-0.25, -0.2) is 9.97 Å². The molecule has 2 rings (SSSR count). The van der Waals surface area contributed by atoms with Crippen molar-refractivity contribution in [3.8, 4) is 0 Å². The third-order valence-electron chi connectivity index (χ3n) is 3.18. The summed E-state index contributed by atoms with van der Waals surface area (Å²) in [5.74, 6) is 0.943. The highest BCUT2D eigenvalue weighted by molar-refractivity contribution is 5.39. The van der Waals surface area contributed by atoms with Gasteiger partial charge in [0.05, 0.1) is 0 Å². The molecule has 0 spiro atoms. The van der Waals surface area contributed by atoms with Crippen molar-refractivity contribution < 1.29 is 0 Å². The molecule has 0 saturated carbocycles. The minimum Gasteiger partial charge on any atom is -0.352 e. The largest absolute Gasteiger partial charge is 0.352 e. The lowest BCUT2D eigenvalue weighted by Gasteiger charge is -2.43. The number of anilines is 1. The molecular weight excluding hydrogens is 200 g/mol. The lowest BCUT2D eigenvalue weighted by molar-refractivity contribution is 0.325. The van der Waals surface area contributed by atoms with Crippen LogP contribution in [0, 0.1) is 6.33 Å². The molecule has 4 heteroatoms. The molecule has 1 fully saturated rings. The smallest absolute Gasteiger partial charge is 0.199 e. The van der Waals surface area contributed by atoms with E-state index in [1.807, 2.05) is 6.07 Å². The molecule has 0 aromatic carbocycles. The second-order valence-corrected chi connectivity index (χ2v) is 5.04. The summed E-state index contributed by atoms with van der Waals surface area (Å²) in [5, 5.41) is 0. The van der Waals surface area contributed by atoms with Crippen LogP contribution < -0.4 is 10.6 Å². The normalized spacial score (nSPS) is 22.2. The van der Waals surface area contributed by atoms with Crippen LogP contribution in [-0.2, 0) is 0 Å². The van der Waals surface area contributed by atoms with Crippen LogP contribution in [0.3, 0.4) is 0 Å². The first-order valence-electron chi connectivity index (χ1n) is 5.83. The van der Waals surface area contributed by atoms with Crippen LogP contribution in [0.1, 0.15) is 33.1 Å². The number of hydrogen-bond acceptors (Lipinski definition) is 4. The van der Waals surface area contributed by atoms with Gasteiger partial charge in [0.1, 0.15) is 5.82 Å². The average Bonchev–Trinajstić information content (AvgIpc) is 2.29. The van der Waals surface area contributed by atoms with E-state index < -0.39 is 0 Å². The van der Waals surface area contributed by atoms with Gasteiger partial charge >= 0.3 is 0 Å². The highest BCUT2D eigenvalue weighted by Gasteiger charge is 2.33. The Labute approximate surface area is 96.9 Å². The van der Waals surface area contributed by atoms with Gasteiger partial charge in [0.25, 0.3) is 0 Å². The van der Waals surface area contributed by atoms with Crippen molar-refractivity contribution in [2.75, 3.05) is 11.4 Å². The SMILES string of the molecule is CC(C)(N)C1CCCCN1c1ccn[c]n1. The Hall–Kier alpha value is -1.16. The van der Waals surface area contributed by atoms with Crippen LogP contribution in [0.5, 0.6) is 0 Å². The van der Waals surface area contributed by atoms with Crippen LogP contribution in [-0.4, -0.2) is 28.1 Å². The summed E-state index contributed by atoms with van der Waals surface area (Å²) in [6, 6.07) is 2.28. The molecule has 1 unspecified atom stereocenters. The molecule has 1 atom stereocenters. The predicted molar refractivity (Wildman–Crippen MR) is 64.1 cm³/mol. The van der Waals surface area contributed by atoms with Crippen LogP contribution in [0.4, 0.5) is 5.82 Å². The summed E-state index contributed by atoms with van der Waals surface area (Å²) in [4.78, 5) is 10.3. The maximum atomic E-state index is 6.24. The van der Waals surface area contributed by atoms with Crippen molar-refractivity contribution in [1.29, 1.82) is 0 Å². The van der Waals surface area contributed by atoms with Gasteiger partial charge in [-0.05, 0) is 39.2 Å². The number of hydrogen-bond donors (Lipinski definition) is 1. The number of aromatic nitrogens is 2. The average molecular weight is 219 g/mol. The van der Waals surface area contributed by atoms with Gasteiger partial charge in [-0.15, -0.1) is 0 Å². The van der Waals surface area contributed by atoms with Crippen molar-refractivity contribution >= 4 is 5.82 Å². The Kier molecular flexibility index (Phi) is 3.10. The van der Waals surface area contributed by atoms with Gasteiger partial charge in [0, 0.05) is 24.3 Å². The minimum absolute atomic E-state index is 0.203. The van der Waals surface area contributed by atoms with Crippen molar-refractivity contribution in [3.05, 3.63) is 18.6 Å². The number of rotatable bonds is 2. The molecule has 1 radical (unpaired) electrons. The topological polar surface area (TPSA) is 55.0 Å². The Balaban J connectivity index is 2.24. The maximum absolute atomic E-state index is 6.24. The van der Waals surface area contributed by atoms with Crippen molar-refractivity contribution in [2.45, 2.75) is 44.7 Å². The summed E-state index contributed by atoms with van der Waals surface area (Å²) in [6.07, 6.45) is 7.97. The highest BCUT2D eigenvalue weighted by atomic mass is 15.2. The lowest BCUT2D eigenvalue weighted by atomic mass is 9.87. The van der Waals surface area contributed by atoms with E-state index in [4.69, 9.17) is 5.73 Å². The van der Waals surface area contributed by atoms with Crippen molar-refractivity contribution in [3.63, 3.8) is 0 Å². The maximum Gasteiger partial charge on any atom is 0.199 e. The standard InChI is InChI=1S/C12H19N4/c1-12(2,13)10-5-3-4-8-16(10)11-6-7-14-9-15-11/h6-7,10H,3-5,8,13H2,1-2H3. The molecule has 1 saturated heterocycles. The first-order chi connectivity index (χ1) is 7.59. The van der Waals surface area contributed by atoms with E-state index in [1.165, 1.54) is 12.8 Å². The molecule has 1 aromatic rings. The zero-order valence-electron chi connectivity index (χ0n) is 9.98. The second-order valence-electron chi connectivity index (χ2n) is 5.04. The van der Waals surface area contributed by atoms with E-state index in [1.54, 1.807) is 6.20 Å². The van der Waals surface area contributed by atoms with Gasteiger partial charge in [0.2, 0.25) is 0 Å². The summed E-state index contributed by atoms with van der Waals surface area (Å²) < 4.78 is 0. The fraction of sp³-hybridized carbons (Fsp3) is 0.667. The van der Waals surface area contributed by atoms with E-state index in [2.05, 4.69) is 35.0 Å². The van der Waals surface area contributed by atoms with Crippen molar-refractivity contribution in [2.24, 2.45) is 5.73 Å². The first-order valence-corrected chi connectivity index (χ1v) is 5.83. The second kappa shape index (κ2) is 4.37. The van der Waals surface area contributed by atoms with E-state index in [0.717, 1.165) is 18.8 Å². The van der Waals surface area contributed by atoms with Crippen LogP contribution in [0.15, 0.2) is 12.3 Å². The summed E-state index contributed by atoms with van der Waals surface area (Å²) in [5.41, 5.74) is 6.04. The third-order valence-corrected chi connectivity index (χ3v) is 3.18. The van der Waals surface area contributed by atoms with Gasteiger partial charge in [0.15, 0.2) is 6.33 Å². The molecule has 0 amide bonds. The number of nitrogens with two attached hydrogens (primary N) is 1. The van der Waals surface area contributed by atoms with Crippen LogP contribution in [0.25, 0.3) is 0 Å². The number of piperidine rings is 1. The van der Waals surface area contributed by atoms with Crippen molar-refractivity contribution in [1.82, 2.24) is 9.97 Å². The fourth-order valence-electron chi connectivity index (χ4n) is 2.39. The van der Waals surface area contributed by atoms with E-state index in [0.29, 0.717) is 6.04 Å². The Morgan fingerprint density at radius 1 is 1.50 bits per heavy atom. The van der Waals surface area contributed by atoms with Crippen LogP contribution in [0.2, 0.25) is 0 Å². The third kappa shape index (κ3) is 2.32. The fourth-order valence-corrected chi connectivity index (χ4v) is 2.39. The Bertz CT molecular complexity index is 331. The van der Waals surface area contributed by atoms with E-state index >= 15 is 0 Å². The summed E-state index contributed by atoms with van der Waals surface area (Å²) in [7, 11) is 0. The molecule has 87 valence electrons. The molecule has 2 heterocycles. The molecule has 0 bridgehead atoms. The van der Waals surface area contributed by atoms with Gasteiger partial charge < -0.3 is 10.6 Å². The van der Waals surface area contributed by atoms with Gasteiger partial charge in [-0.3, -0.25) is 0 Å². The number of nitrogens with zero attached hydrogens (tertiary/aromatic N) is 3. The molecule has 1 aliphatic rings. The summed E-state index contributed by atoms with van der Waals surface area (Å²) in [6.45, 7) is 5.19. The molecular formula is C12H19N4. The monoisotopic (exact) mass is 219 g/mol. The zero-order chi connectivity index (χ0) is 11.6. The highest BCUT2D eigenvalue weighted by Crippen LogP contribution is 2.27. The van der Waals surface area contributed by atoms with Gasteiger partial charge in [-0.1, -0.05) is 0 Å². The molecule has 4 nitrogen and oxygen atoms in total. The van der Waals surface area contributed by atoms with E-state index in [-0.39, 0.29) is 5.54 Å². The predicted octanol–water partition coefficient (Wildman–Crippen LogP) is 1.37. The van der Waals surface area contributed by atoms with E-state index in [9.17, 15) is 0 Å². The molecule has 1 aromatic heterocycles. The molecule has 16 heavy (non-hydrogen) atoms. The summed E-state index contributed by atoms with van der Waals surface area (Å²) >= 11 is 0. The Morgan fingerprint density at radius 2 is 2.31 bits per heavy atom. The quantitative estimate of drug-likeness (QED) is 0.816. The van der Waals surface area contributed by atoms with Crippen LogP contribution >= 0.6 is 0 Å².